The van der Waals surface area contributed by atoms with E-state index in [1.54, 1.807) is 0 Å². The maximum atomic E-state index is 12.4. The number of amides is 3. The van der Waals surface area contributed by atoms with Gasteiger partial charge in [0.05, 0.1) is 17.5 Å². The van der Waals surface area contributed by atoms with Gasteiger partial charge in [0.25, 0.3) is 5.91 Å². The van der Waals surface area contributed by atoms with Crippen LogP contribution >= 0.6 is 0 Å². The van der Waals surface area contributed by atoms with E-state index in [9.17, 15) is 22.8 Å². The molecule has 0 bridgehead atoms. The Morgan fingerprint density at radius 3 is 2.46 bits per heavy atom. The fourth-order valence-corrected chi connectivity index (χ4v) is 4.60. The number of hydrogen-bond donors (Lipinski definition) is 2. The molecule has 3 amide bonds. The molecule has 1 aromatic rings. The molecule has 0 spiro atoms. The quantitative estimate of drug-likeness (QED) is 0.752. The van der Waals surface area contributed by atoms with Crippen molar-refractivity contribution in [2.75, 3.05) is 16.8 Å². The van der Waals surface area contributed by atoms with Gasteiger partial charge in [-0.2, -0.15) is 5.10 Å². The normalized spacial score (nSPS) is 22.0. The van der Waals surface area contributed by atoms with Gasteiger partial charge in [0.2, 0.25) is 11.8 Å². The van der Waals surface area contributed by atoms with E-state index < -0.39 is 27.7 Å². The Morgan fingerprint density at radius 2 is 1.88 bits per heavy atom. The van der Waals surface area contributed by atoms with Crippen LogP contribution in [-0.4, -0.2) is 54.4 Å². The van der Waals surface area contributed by atoms with Gasteiger partial charge in [-0.05, 0) is 30.7 Å². The molecule has 26 heavy (non-hydrogen) atoms. The van der Waals surface area contributed by atoms with Crippen LogP contribution in [0.2, 0.25) is 0 Å². The Morgan fingerprint density at radius 1 is 1.19 bits per heavy atom. The summed E-state index contributed by atoms with van der Waals surface area (Å²) in [4.78, 5) is 35.5. The Balaban J connectivity index is 1.73. The molecule has 1 fully saturated rings. The van der Waals surface area contributed by atoms with E-state index in [2.05, 4.69) is 10.4 Å². The number of anilines is 1. The minimum absolute atomic E-state index is 0.0186. The number of nitrogens with zero attached hydrogens (tertiary/aromatic N) is 2. The molecular formula is C16H18N4O5S. The van der Waals surface area contributed by atoms with Crippen molar-refractivity contribution in [1.29, 1.82) is 0 Å². The van der Waals surface area contributed by atoms with Gasteiger partial charge in [-0.25, -0.2) is 13.4 Å². The van der Waals surface area contributed by atoms with Crippen molar-refractivity contribution in [2.45, 2.75) is 25.3 Å². The van der Waals surface area contributed by atoms with Crippen LogP contribution in [0.1, 0.15) is 29.6 Å². The molecule has 1 atom stereocenters. The van der Waals surface area contributed by atoms with Crippen molar-refractivity contribution in [1.82, 2.24) is 5.01 Å². The van der Waals surface area contributed by atoms with Crippen LogP contribution in [-0.2, 0) is 19.4 Å². The fraction of sp³-hybridized carbons (Fsp3) is 0.375. The van der Waals surface area contributed by atoms with Crippen LogP contribution in [0.25, 0.3) is 0 Å². The summed E-state index contributed by atoms with van der Waals surface area (Å²) in [6.07, 6.45) is 0.602. The molecule has 3 N–H and O–H groups in total. The number of carbonyl (C=O) groups is 3. The van der Waals surface area contributed by atoms with E-state index in [1.807, 2.05) is 0 Å². The summed E-state index contributed by atoms with van der Waals surface area (Å²) in [7, 11) is -3.17. The highest BCUT2D eigenvalue weighted by molar-refractivity contribution is 7.91. The average molecular weight is 378 g/mol. The zero-order valence-corrected chi connectivity index (χ0v) is 14.7. The van der Waals surface area contributed by atoms with E-state index >= 15 is 0 Å². The van der Waals surface area contributed by atoms with Gasteiger partial charge in [0.15, 0.2) is 9.84 Å². The summed E-state index contributed by atoms with van der Waals surface area (Å²) in [5, 5.41) is 7.88. The largest absolute Gasteiger partial charge is 0.366 e. The van der Waals surface area contributed by atoms with Crippen LogP contribution in [0, 0.1) is 0 Å². The van der Waals surface area contributed by atoms with Crippen molar-refractivity contribution in [3.63, 3.8) is 0 Å². The summed E-state index contributed by atoms with van der Waals surface area (Å²) in [6.45, 7) is 0. The lowest BCUT2D eigenvalue weighted by Gasteiger charge is -2.27. The Hall–Kier alpha value is -2.75. The number of nitrogens with one attached hydrogen (secondary N) is 1. The van der Waals surface area contributed by atoms with Gasteiger partial charge in [-0.15, -0.1) is 0 Å². The Labute approximate surface area is 150 Å². The number of carbonyl (C=O) groups excluding carboxylic acids is 3. The van der Waals surface area contributed by atoms with Crippen molar-refractivity contribution < 1.29 is 22.8 Å². The minimum atomic E-state index is -3.17. The molecule has 0 radical (unpaired) electrons. The molecule has 3 rings (SSSR count). The van der Waals surface area contributed by atoms with Crippen LogP contribution in [0.4, 0.5) is 5.69 Å². The SMILES string of the molecule is NC(=O)c1ccc(NC(=O)C2=NN(C3CCS(=O)(=O)C3)C(=O)CC2)cc1. The molecule has 0 aliphatic carbocycles. The second-order valence-electron chi connectivity index (χ2n) is 6.24. The summed E-state index contributed by atoms with van der Waals surface area (Å²) in [5.41, 5.74) is 6.09. The first kappa shape index (κ1) is 18.1. The van der Waals surface area contributed by atoms with Gasteiger partial charge >= 0.3 is 0 Å². The molecule has 10 heteroatoms. The highest BCUT2D eigenvalue weighted by Crippen LogP contribution is 2.22. The zero-order chi connectivity index (χ0) is 18.9. The smallest absolute Gasteiger partial charge is 0.271 e. The third-order valence-corrected chi connectivity index (χ3v) is 6.05. The number of hydrogen-bond acceptors (Lipinski definition) is 6. The van der Waals surface area contributed by atoms with Crippen LogP contribution in [0.15, 0.2) is 29.4 Å². The molecule has 0 aromatic heterocycles. The highest BCUT2D eigenvalue weighted by atomic mass is 32.2. The van der Waals surface area contributed by atoms with Crippen molar-refractivity contribution in [2.24, 2.45) is 10.8 Å². The van der Waals surface area contributed by atoms with E-state index in [-0.39, 0.29) is 36.0 Å². The van der Waals surface area contributed by atoms with Gasteiger partial charge in [-0.1, -0.05) is 0 Å². The summed E-state index contributed by atoms with van der Waals surface area (Å²) < 4.78 is 23.2. The lowest BCUT2D eigenvalue weighted by molar-refractivity contribution is -0.133. The van der Waals surface area contributed by atoms with Gasteiger partial charge in [-0.3, -0.25) is 14.4 Å². The first-order valence-corrected chi connectivity index (χ1v) is 9.88. The molecule has 2 aliphatic rings. The summed E-state index contributed by atoms with van der Waals surface area (Å²) >= 11 is 0. The zero-order valence-electron chi connectivity index (χ0n) is 13.8. The minimum Gasteiger partial charge on any atom is -0.366 e. The lowest BCUT2D eigenvalue weighted by atomic mass is 10.1. The third-order valence-electron chi connectivity index (χ3n) is 4.30. The van der Waals surface area contributed by atoms with E-state index in [0.717, 1.165) is 5.01 Å². The molecule has 2 aliphatic heterocycles. The maximum Gasteiger partial charge on any atom is 0.271 e. The molecule has 9 nitrogen and oxygen atoms in total. The van der Waals surface area contributed by atoms with E-state index in [1.165, 1.54) is 24.3 Å². The Bertz CT molecular complexity index is 892. The standard InChI is InChI=1S/C16H18N4O5S/c17-15(22)10-1-3-11(4-2-10)18-16(23)13-5-6-14(21)20(19-13)12-7-8-26(24,25)9-12/h1-4,12H,5-9H2,(H2,17,22)(H,18,23). The number of rotatable bonds is 4. The molecule has 1 aromatic carbocycles. The number of sulfone groups is 1. The molecule has 138 valence electrons. The number of hydrazone groups is 1. The molecule has 1 saturated heterocycles. The van der Waals surface area contributed by atoms with Crippen molar-refractivity contribution in [3.05, 3.63) is 29.8 Å². The van der Waals surface area contributed by atoms with E-state index in [4.69, 9.17) is 5.73 Å². The third kappa shape index (κ3) is 3.90. The number of primary amides is 1. The molecule has 1 unspecified atom stereocenters. The second-order valence-corrected chi connectivity index (χ2v) is 8.47. The highest BCUT2D eigenvalue weighted by Gasteiger charge is 2.37. The first-order valence-electron chi connectivity index (χ1n) is 8.06. The van der Waals surface area contributed by atoms with Gasteiger partial charge < -0.3 is 11.1 Å². The first-order chi connectivity index (χ1) is 12.2. The second kappa shape index (κ2) is 6.87. The average Bonchev–Trinajstić information content (AvgIpc) is 2.95. The molecule has 0 saturated carbocycles. The number of benzene rings is 1. The summed E-state index contributed by atoms with van der Waals surface area (Å²) in [6, 6.07) is 5.52. The van der Waals surface area contributed by atoms with Crippen LogP contribution < -0.4 is 11.1 Å². The van der Waals surface area contributed by atoms with E-state index in [0.29, 0.717) is 17.7 Å². The maximum absolute atomic E-state index is 12.4. The predicted octanol–water partition coefficient (Wildman–Crippen LogP) is -0.111. The Kier molecular flexibility index (Phi) is 4.77. The van der Waals surface area contributed by atoms with Crippen LogP contribution in [0.3, 0.4) is 0 Å². The monoisotopic (exact) mass is 378 g/mol. The van der Waals surface area contributed by atoms with Crippen molar-refractivity contribution in [3.8, 4) is 0 Å². The predicted molar refractivity (Wildman–Crippen MR) is 94.2 cm³/mol. The fourth-order valence-electron chi connectivity index (χ4n) is 2.91. The molecule has 2 heterocycles. The van der Waals surface area contributed by atoms with Gasteiger partial charge in [0, 0.05) is 24.1 Å². The lowest BCUT2D eigenvalue weighted by Crippen LogP contribution is -2.42. The van der Waals surface area contributed by atoms with Gasteiger partial charge in [0.1, 0.15) is 5.71 Å². The number of nitrogens with two attached hydrogens (primary N) is 1. The molecular weight excluding hydrogens is 360 g/mol. The topological polar surface area (TPSA) is 139 Å². The van der Waals surface area contributed by atoms with Crippen molar-refractivity contribution >= 4 is 39.0 Å². The summed E-state index contributed by atoms with van der Waals surface area (Å²) in [5.74, 6) is -1.44. The van der Waals surface area contributed by atoms with Crippen LogP contribution in [0.5, 0.6) is 0 Å².